The molecule has 2 aromatic heterocycles. The number of hydrogen-bond donors (Lipinski definition) is 1. The van der Waals surface area contributed by atoms with Crippen molar-refractivity contribution in [2.75, 3.05) is 6.54 Å². The molecule has 0 unspecified atom stereocenters. The third kappa shape index (κ3) is 2.26. The smallest absolute Gasteiger partial charge is 0.105 e. The summed E-state index contributed by atoms with van der Waals surface area (Å²) in [5.74, 6) is 2.07. The van der Waals surface area contributed by atoms with Crippen molar-refractivity contribution in [2.45, 2.75) is 39.8 Å². The van der Waals surface area contributed by atoms with Crippen molar-refractivity contribution >= 4 is 10.9 Å². The van der Waals surface area contributed by atoms with E-state index in [9.17, 15) is 0 Å². The number of hydrogen-bond acceptors (Lipinski definition) is 2. The van der Waals surface area contributed by atoms with Crippen LogP contribution >= 0.6 is 0 Å². The zero-order valence-corrected chi connectivity index (χ0v) is 13.3. The Hall–Kier alpha value is -2.00. The predicted molar refractivity (Wildman–Crippen MR) is 89.2 cm³/mol. The van der Waals surface area contributed by atoms with E-state index in [2.05, 4.69) is 41.1 Å². The van der Waals surface area contributed by atoms with Crippen LogP contribution < -0.4 is 5.32 Å². The lowest BCUT2D eigenvalue weighted by Gasteiger charge is -2.16. The third-order valence-corrected chi connectivity index (χ3v) is 4.66. The van der Waals surface area contributed by atoms with Gasteiger partial charge in [0.1, 0.15) is 11.5 Å². The molecule has 0 bridgehead atoms. The Morgan fingerprint density at radius 3 is 2.91 bits per heavy atom. The number of nitrogens with one attached hydrogen (secondary N) is 1. The Labute approximate surface area is 130 Å². The maximum absolute atomic E-state index is 5.73. The van der Waals surface area contributed by atoms with Crippen LogP contribution in [0.1, 0.15) is 28.3 Å². The molecule has 3 heteroatoms. The molecule has 3 aromatic rings. The van der Waals surface area contributed by atoms with Crippen molar-refractivity contribution < 1.29 is 4.42 Å². The summed E-state index contributed by atoms with van der Waals surface area (Å²) in [6, 6.07) is 11.0. The molecule has 3 heterocycles. The lowest BCUT2D eigenvalue weighted by molar-refractivity contribution is 0.467. The minimum absolute atomic E-state index is 0.950. The molecule has 0 fully saturated rings. The maximum Gasteiger partial charge on any atom is 0.105 e. The highest BCUT2D eigenvalue weighted by molar-refractivity contribution is 5.86. The molecule has 0 atom stereocenters. The number of benzene rings is 1. The molecule has 0 spiro atoms. The number of fused-ring (bicyclic) bond motifs is 3. The van der Waals surface area contributed by atoms with E-state index in [0.717, 1.165) is 44.0 Å². The fourth-order valence-electron chi connectivity index (χ4n) is 3.59. The quantitative estimate of drug-likeness (QED) is 0.797. The second-order valence-corrected chi connectivity index (χ2v) is 6.29. The fraction of sp³-hybridized carbons (Fsp3) is 0.368. The van der Waals surface area contributed by atoms with Crippen molar-refractivity contribution in [2.24, 2.45) is 0 Å². The molecule has 0 amide bonds. The van der Waals surface area contributed by atoms with E-state index in [4.69, 9.17) is 4.42 Å². The molecule has 22 heavy (non-hydrogen) atoms. The van der Waals surface area contributed by atoms with E-state index in [1.165, 1.54) is 27.7 Å². The first-order chi connectivity index (χ1) is 10.7. The maximum atomic E-state index is 5.73. The van der Waals surface area contributed by atoms with Gasteiger partial charge in [0.2, 0.25) is 0 Å². The second kappa shape index (κ2) is 5.33. The Balaban J connectivity index is 1.75. The van der Waals surface area contributed by atoms with Gasteiger partial charge in [0.05, 0.1) is 0 Å². The first-order valence-corrected chi connectivity index (χ1v) is 8.09. The Morgan fingerprint density at radius 2 is 2.09 bits per heavy atom. The molecule has 1 aromatic carbocycles. The molecule has 1 N–H and O–H groups in total. The zero-order valence-electron chi connectivity index (χ0n) is 13.3. The van der Waals surface area contributed by atoms with Crippen molar-refractivity contribution in [3.63, 3.8) is 0 Å². The monoisotopic (exact) mass is 294 g/mol. The van der Waals surface area contributed by atoms with Crippen LogP contribution in [0.4, 0.5) is 0 Å². The minimum Gasteiger partial charge on any atom is -0.466 e. The fourth-order valence-corrected chi connectivity index (χ4v) is 3.59. The second-order valence-electron chi connectivity index (χ2n) is 6.29. The Kier molecular flexibility index (Phi) is 3.30. The van der Waals surface area contributed by atoms with E-state index in [1.54, 1.807) is 0 Å². The summed E-state index contributed by atoms with van der Waals surface area (Å²) >= 11 is 0. The summed E-state index contributed by atoms with van der Waals surface area (Å²) in [6.07, 6.45) is 2.06. The average Bonchev–Trinajstić information content (AvgIpc) is 3.07. The summed E-state index contributed by atoms with van der Waals surface area (Å²) in [4.78, 5) is 0. The van der Waals surface area contributed by atoms with E-state index < -0.39 is 0 Å². The molecule has 3 nitrogen and oxygen atoms in total. The highest BCUT2D eigenvalue weighted by Gasteiger charge is 2.19. The van der Waals surface area contributed by atoms with Crippen LogP contribution in [0.25, 0.3) is 10.9 Å². The zero-order chi connectivity index (χ0) is 15.1. The van der Waals surface area contributed by atoms with E-state index in [0.29, 0.717) is 0 Å². The van der Waals surface area contributed by atoms with Crippen LogP contribution in [-0.2, 0) is 25.9 Å². The molecule has 1 aliphatic rings. The molecule has 0 saturated carbocycles. The number of furan rings is 1. The largest absolute Gasteiger partial charge is 0.466 e. The summed E-state index contributed by atoms with van der Waals surface area (Å²) in [5, 5.41) is 4.93. The van der Waals surface area contributed by atoms with E-state index >= 15 is 0 Å². The third-order valence-electron chi connectivity index (χ3n) is 4.66. The first-order valence-electron chi connectivity index (χ1n) is 8.09. The van der Waals surface area contributed by atoms with Gasteiger partial charge >= 0.3 is 0 Å². The van der Waals surface area contributed by atoms with Gasteiger partial charge in [-0.3, -0.25) is 0 Å². The molecule has 0 radical (unpaired) electrons. The molecular formula is C19H22N2O. The van der Waals surface area contributed by atoms with Crippen LogP contribution in [-0.4, -0.2) is 11.1 Å². The predicted octanol–water partition coefficient (Wildman–Crippen LogP) is 3.74. The van der Waals surface area contributed by atoms with Crippen molar-refractivity contribution in [1.82, 2.24) is 9.88 Å². The lowest BCUT2D eigenvalue weighted by Crippen LogP contribution is -2.24. The SMILES string of the molecule is Cc1ccc2c(c1)c1c(n2CCc2ccc(C)o2)CCNC1. The summed E-state index contributed by atoms with van der Waals surface area (Å²) in [5.41, 5.74) is 5.69. The standard InChI is InChI=1S/C19H22N2O/c1-13-3-6-18-16(11-13)17-12-20-9-7-19(17)21(18)10-8-15-5-4-14(2)22-15/h3-6,11,20H,7-10,12H2,1-2H3. The van der Waals surface area contributed by atoms with Gasteiger partial charge in [-0.25, -0.2) is 0 Å². The summed E-state index contributed by atoms with van der Waals surface area (Å²) in [6.45, 7) is 7.22. The molecule has 0 aliphatic carbocycles. The molecule has 4 rings (SSSR count). The van der Waals surface area contributed by atoms with Gasteiger partial charge in [0.15, 0.2) is 0 Å². The minimum atomic E-state index is 0.950. The van der Waals surface area contributed by atoms with Crippen molar-refractivity contribution in [1.29, 1.82) is 0 Å². The van der Waals surface area contributed by atoms with Crippen LogP contribution in [0, 0.1) is 13.8 Å². The average molecular weight is 294 g/mol. The number of rotatable bonds is 3. The molecule has 114 valence electrons. The van der Waals surface area contributed by atoms with Gasteiger partial charge in [0.25, 0.3) is 0 Å². The Bertz CT molecular complexity index is 825. The molecular weight excluding hydrogens is 272 g/mol. The van der Waals surface area contributed by atoms with Crippen molar-refractivity contribution in [3.8, 4) is 0 Å². The van der Waals surface area contributed by atoms with Crippen LogP contribution in [0.15, 0.2) is 34.7 Å². The van der Waals surface area contributed by atoms with Crippen LogP contribution in [0.5, 0.6) is 0 Å². The van der Waals surface area contributed by atoms with Crippen molar-refractivity contribution in [3.05, 3.63) is 58.7 Å². The van der Waals surface area contributed by atoms with Crippen LogP contribution in [0.2, 0.25) is 0 Å². The summed E-state index contributed by atoms with van der Waals surface area (Å²) in [7, 11) is 0. The van der Waals surface area contributed by atoms with Gasteiger partial charge in [0, 0.05) is 49.1 Å². The topological polar surface area (TPSA) is 30.1 Å². The van der Waals surface area contributed by atoms with Gasteiger partial charge in [-0.15, -0.1) is 0 Å². The Morgan fingerprint density at radius 1 is 1.18 bits per heavy atom. The normalized spacial score (nSPS) is 14.5. The highest BCUT2D eigenvalue weighted by Crippen LogP contribution is 2.29. The van der Waals surface area contributed by atoms with Gasteiger partial charge < -0.3 is 14.3 Å². The van der Waals surface area contributed by atoms with E-state index in [1.807, 2.05) is 13.0 Å². The van der Waals surface area contributed by atoms with E-state index in [-0.39, 0.29) is 0 Å². The molecule has 0 saturated heterocycles. The van der Waals surface area contributed by atoms with Gasteiger partial charge in [-0.1, -0.05) is 11.6 Å². The lowest BCUT2D eigenvalue weighted by atomic mass is 10.0. The molecule has 1 aliphatic heterocycles. The number of nitrogens with zero attached hydrogens (tertiary/aromatic N) is 1. The van der Waals surface area contributed by atoms with Crippen LogP contribution in [0.3, 0.4) is 0 Å². The number of aryl methyl sites for hydroxylation is 4. The van der Waals surface area contributed by atoms with Gasteiger partial charge in [-0.05, 0) is 43.7 Å². The highest BCUT2D eigenvalue weighted by atomic mass is 16.3. The summed E-state index contributed by atoms with van der Waals surface area (Å²) < 4.78 is 8.23. The number of aromatic nitrogens is 1. The first kappa shape index (κ1) is 13.6. The van der Waals surface area contributed by atoms with Gasteiger partial charge in [-0.2, -0.15) is 0 Å².